The van der Waals surface area contributed by atoms with Crippen LogP contribution in [0, 0.1) is 0 Å². The first kappa shape index (κ1) is 13.5. The molecule has 2 N–H and O–H groups in total. The van der Waals surface area contributed by atoms with E-state index in [1.807, 2.05) is 24.3 Å². The third-order valence-corrected chi connectivity index (χ3v) is 2.84. The van der Waals surface area contributed by atoms with Crippen LogP contribution in [0.5, 0.6) is 0 Å². The minimum absolute atomic E-state index is 0.215. The van der Waals surface area contributed by atoms with Crippen LogP contribution in [-0.4, -0.2) is 24.3 Å². The van der Waals surface area contributed by atoms with Crippen molar-refractivity contribution in [2.45, 2.75) is 32.2 Å². The van der Waals surface area contributed by atoms with Crippen LogP contribution in [0.3, 0.4) is 0 Å². The zero-order valence-electron chi connectivity index (χ0n) is 9.91. The van der Waals surface area contributed by atoms with E-state index in [2.05, 4.69) is 19.2 Å². The number of hydrogen-bond donors (Lipinski definition) is 2. The Bertz CT molecular complexity index is 297. The maximum atomic E-state index is 9.06. The minimum atomic E-state index is 0.215. The van der Waals surface area contributed by atoms with E-state index in [9.17, 15) is 0 Å². The molecule has 0 heterocycles. The molecule has 2 nitrogen and oxygen atoms in total. The van der Waals surface area contributed by atoms with Crippen LogP contribution in [0.1, 0.15) is 31.7 Å². The lowest BCUT2D eigenvalue weighted by atomic mass is 9.96. The Labute approximate surface area is 103 Å². The summed E-state index contributed by atoms with van der Waals surface area (Å²) in [6.07, 6.45) is 0.779. The van der Waals surface area contributed by atoms with Gasteiger partial charge in [-0.15, -0.1) is 0 Å². The molecule has 90 valence electrons. The number of halogens is 1. The molecule has 0 saturated carbocycles. The maximum absolute atomic E-state index is 9.06. The molecule has 0 spiro atoms. The molecule has 1 aromatic carbocycles. The van der Waals surface area contributed by atoms with E-state index in [1.54, 1.807) is 0 Å². The van der Waals surface area contributed by atoms with E-state index in [4.69, 9.17) is 16.7 Å². The Morgan fingerprint density at radius 1 is 1.25 bits per heavy atom. The third kappa shape index (κ3) is 4.52. The molecule has 16 heavy (non-hydrogen) atoms. The summed E-state index contributed by atoms with van der Waals surface area (Å²) in [5.41, 5.74) is 1.23. The van der Waals surface area contributed by atoms with E-state index < -0.39 is 0 Å². The van der Waals surface area contributed by atoms with Gasteiger partial charge in [-0.2, -0.15) is 0 Å². The molecule has 1 atom stereocenters. The summed E-state index contributed by atoms with van der Waals surface area (Å²) >= 11 is 5.86. The fourth-order valence-corrected chi connectivity index (χ4v) is 1.78. The highest BCUT2D eigenvalue weighted by atomic mass is 35.5. The smallest absolute Gasteiger partial charge is 0.0437 e. The van der Waals surface area contributed by atoms with E-state index in [1.165, 1.54) is 5.56 Å². The molecule has 0 aliphatic heterocycles. The van der Waals surface area contributed by atoms with Crippen molar-refractivity contribution in [3.8, 4) is 0 Å². The average molecular weight is 242 g/mol. The Kier molecular flexibility index (Phi) is 5.81. The van der Waals surface area contributed by atoms with E-state index in [0.717, 1.165) is 18.0 Å². The highest BCUT2D eigenvalue weighted by Gasteiger charge is 2.11. The molecule has 3 heteroatoms. The second-order valence-corrected chi connectivity index (χ2v) is 4.76. The molecule has 1 unspecified atom stereocenters. The van der Waals surface area contributed by atoms with Gasteiger partial charge >= 0.3 is 0 Å². The van der Waals surface area contributed by atoms with Crippen molar-refractivity contribution in [3.05, 3.63) is 34.9 Å². The van der Waals surface area contributed by atoms with Crippen molar-refractivity contribution in [2.24, 2.45) is 0 Å². The van der Waals surface area contributed by atoms with Gasteiger partial charge in [-0.3, -0.25) is 0 Å². The molecular weight excluding hydrogens is 222 g/mol. The summed E-state index contributed by atoms with van der Waals surface area (Å²) in [5.74, 6) is 0.352. The largest absolute Gasteiger partial charge is 0.396 e. The van der Waals surface area contributed by atoms with Crippen LogP contribution >= 0.6 is 11.6 Å². The number of rotatable bonds is 6. The number of aliphatic hydroxyl groups excluding tert-OH is 1. The van der Waals surface area contributed by atoms with Crippen LogP contribution in [0.4, 0.5) is 0 Å². The Balaban J connectivity index is 2.64. The first-order chi connectivity index (χ1) is 7.63. The summed E-state index contributed by atoms with van der Waals surface area (Å²) in [4.78, 5) is 0. The first-order valence-corrected chi connectivity index (χ1v) is 6.11. The molecule has 0 amide bonds. The lowest BCUT2D eigenvalue weighted by Crippen LogP contribution is -2.28. The molecule has 0 aliphatic rings. The lowest BCUT2D eigenvalue weighted by molar-refractivity contribution is 0.272. The molecule has 0 aromatic heterocycles. The summed E-state index contributed by atoms with van der Waals surface area (Å²) in [6, 6.07) is 8.33. The summed E-state index contributed by atoms with van der Waals surface area (Å²) in [7, 11) is 0. The molecule has 1 rings (SSSR count). The van der Waals surface area contributed by atoms with Gasteiger partial charge in [-0.05, 0) is 30.0 Å². The standard InChI is InChI=1S/C13H20ClNO/c1-10(2)15-9-12(7-8-16)11-3-5-13(14)6-4-11/h3-6,10,12,15-16H,7-9H2,1-2H3. The SMILES string of the molecule is CC(C)NCC(CCO)c1ccc(Cl)cc1. The van der Waals surface area contributed by atoms with Gasteiger partial charge in [0.15, 0.2) is 0 Å². The Hall–Kier alpha value is -0.570. The molecule has 0 aliphatic carbocycles. The van der Waals surface area contributed by atoms with Gasteiger partial charge in [-0.1, -0.05) is 37.6 Å². The monoisotopic (exact) mass is 241 g/mol. The lowest BCUT2D eigenvalue weighted by Gasteiger charge is -2.18. The van der Waals surface area contributed by atoms with Gasteiger partial charge in [-0.25, -0.2) is 0 Å². The predicted octanol–water partition coefficient (Wildman–Crippen LogP) is 2.80. The molecule has 0 saturated heterocycles. The Morgan fingerprint density at radius 3 is 2.38 bits per heavy atom. The van der Waals surface area contributed by atoms with Crippen molar-refractivity contribution < 1.29 is 5.11 Å². The topological polar surface area (TPSA) is 32.3 Å². The normalized spacial score (nSPS) is 13.1. The van der Waals surface area contributed by atoms with Crippen LogP contribution in [0.2, 0.25) is 5.02 Å². The van der Waals surface area contributed by atoms with Gasteiger partial charge in [0.1, 0.15) is 0 Å². The van der Waals surface area contributed by atoms with Crippen molar-refractivity contribution in [2.75, 3.05) is 13.2 Å². The van der Waals surface area contributed by atoms with Crippen molar-refractivity contribution in [1.82, 2.24) is 5.32 Å². The second kappa shape index (κ2) is 6.89. The van der Waals surface area contributed by atoms with Crippen LogP contribution in [0.15, 0.2) is 24.3 Å². The first-order valence-electron chi connectivity index (χ1n) is 5.73. The van der Waals surface area contributed by atoms with Crippen molar-refractivity contribution in [3.63, 3.8) is 0 Å². The van der Waals surface area contributed by atoms with E-state index in [-0.39, 0.29) is 6.61 Å². The maximum Gasteiger partial charge on any atom is 0.0437 e. The summed E-state index contributed by atoms with van der Waals surface area (Å²) < 4.78 is 0. The van der Waals surface area contributed by atoms with Gasteiger partial charge in [0, 0.05) is 24.2 Å². The van der Waals surface area contributed by atoms with Crippen LogP contribution in [-0.2, 0) is 0 Å². The summed E-state index contributed by atoms with van der Waals surface area (Å²) in [5, 5.41) is 13.2. The van der Waals surface area contributed by atoms with Gasteiger partial charge in [0.2, 0.25) is 0 Å². The minimum Gasteiger partial charge on any atom is -0.396 e. The molecule has 0 fully saturated rings. The molecular formula is C13H20ClNO. The van der Waals surface area contributed by atoms with Crippen molar-refractivity contribution in [1.29, 1.82) is 0 Å². The number of nitrogens with one attached hydrogen (secondary N) is 1. The fourth-order valence-electron chi connectivity index (χ4n) is 1.66. The van der Waals surface area contributed by atoms with E-state index >= 15 is 0 Å². The van der Waals surface area contributed by atoms with Gasteiger partial charge in [0.05, 0.1) is 0 Å². The number of aliphatic hydroxyl groups is 1. The fraction of sp³-hybridized carbons (Fsp3) is 0.538. The van der Waals surface area contributed by atoms with Crippen molar-refractivity contribution >= 4 is 11.6 Å². The van der Waals surface area contributed by atoms with Crippen LogP contribution < -0.4 is 5.32 Å². The van der Waals surface area contributed by atoms with Gasteiger partial charge < -0.3 is 10.4 Å². The van der Waals surface area contributed by atoms with Crippen LogP contribution in [0.25, 0.3) is 0 Å². The van der Waals surface area contributed by atoms with E-state index in [0.29, 0.717) is 12.0 Å². The van der Waals surface area contributed by atoms with Gasteiger partial charge in [0.25, 0.3) is 0 Å². The predicted molar refractivity (Wildman–Crippen MR) is 69.0 cm³/mol. The molecule has 0 radical (unpaired) electrons. The highest BCUT2D eigenvalue weighted by Crippen LogP contribution is 2.20. The molecule has 0 bridgehead atoms. The third-order valence-electron chi connectivity index (χ3n) is 2.59. The quantitative estimate of drug-likeness (QED) is 0.803. The highest BCUT2D eigenvalue weighted by molar-refractivity contribution is 6.30. The zero-order chi connectivity index (χ0) is 12.0. The Morgan fingerprint density at radius 2 is 1.88 bits per heavy atom. The second-order valence-electron chi connectivity index (χ2n) is 4.32. The number of hydrogen-bond acceptors (Lipinski definition) is 2. The zero-order valence-corrected chi connectivity index (χ0v) is 10.7. The number of benzene rings is 1. The molecule has 1 aromatic rings. The summed E-state index contributed by atoms with van der Waals surface area (Å²) in [6.45, 7) is 5.35. The average Bonchev–Trinajstić information content (AvgIpc) is 2.25.